The van der Waals surface area contributed by atoms with Gasteiger partial charge in [0.15, 0.2) is 0 Å². The first-order valence-electron chi connectivity index (χ1n) is 6.43. The number of likely N-dealkylation sites (N-methyl/N-ethyl adjacent to an activating group) is 1. The Balaban J connectivity index is 2.06. The van der Waals surface area contributed by atoms with Crippen LogP contribution in [0, 0.1) is 0 Å². The zero-order valence-corrected chi connectivity index (χ0v) is 12.4. The molecule has 0 atom stereocenters. The Bertz CT molecular complexity index is 658. The molecule has 21 heavy (non-hydrogen) atoms. The lowest BCUT2D eigenvalue weighted by Gasteiger charge is -2.09. The number of nitrogens with one attached hydrogen (secondary N) is 2. The van der Waals surface area contributed by atoms with E-state index >= 15 is 0 Å². The number of nitrogens with zero attached hydrogens (tertiary/aromatic N) is 1. The van der Waals surface area contributed by atoms with Gasteiger partial charge in [-0.2, -0.15) is 0 Å². The Hall–Kier alpha value is -2.12. The van der Waals surface area contributed by atoms with Gasteiger partial charge in [-0.3, -0.25) is 4.72 Å². The monoisotopic (exact) mass is 307 g/mol. The average molecular weight is 307 g/mol. The summed E-state index contributed by atoms with van der Waals surface area (Å²) in [6.45, 7) is 1.25. The molecule has 1 heterocycles. The third-order valence-electron chi connectivity index (χ3n) is 2.66. The second-order valence-corrected chi connectivity index (χ2v) is 5.93. The van der Waals surface area contributed by atoms with Gasteiger partial charge >= 0.3 is 0 Å². The van der Waals surface area contributed by atoms with Crippen LogP contribution < -0.4 is 14.8 Å². The van der Waals surface area contributed by atoms with Crippen molar-refractivity contribution in [3.8, 4) is 5.75 Å². The highest BCUT2D eigenvalue weighted by atomic mass is 32.2. The van der Waals surface area contributed by atoms with Gasteiger partial charge in [0, 0.05) is 12.7 Å². The van der Waals surface area contributed by atoms with Crippen LogP contribution in [0.2, 0.25) is 0 Å². The molecule has 0 radical (unpaired) electrons. The second-order valence-electron chi connectivity index (χ2n) is 4.24. The summed E-state index contributed by atoms with van der Waals surface area (Å²) in [6.07, 6.45) is 1.52. The standard InChI is InChI=1S/C14H17N3O3S/c1-15-10-11-20-12-5-7-13(8-6-12)21(18,19)17-14-4-2-3-9-16-14/h2-9,15H,10-11H2,1H3,(H,16,17). The summed E-state index contributed by atoms with van der Waals surface area (Å²) in [4.78, 5) is 4.10. The highest BCUT2D eigenvalue weighted by molar-refractivity contribution is 7.92. The molecule has 2 aromatic rings. The topological polar surface area (TPSA) is 80.3 Å². The first-order chi connectivity index (χ1) is 10.1. The lowest BCUT2D eigenvalue weighted by molar-refractivity contribution is 0.318. The zero-order valence-electron chi connectivity index (χ0n) is 11.6. The Morgan fingerprint density at radius 2 is 1.90 bits per heavy atom. The van der Waals surface area contributed by atoms with Crippen molar-refractivity contribution in [1.82, 2.24) is 10.3 Å². The van der Waals surface area contributed by atoms with E-state index in [1.54, 1.807) is 30.3 Å². The van der Waals surface area contributed by atoms with E-state index in [4.69, 9.17) is 4.74 Å². The predicted molar refractivity (Wildman–Crippen MR) is 80.9 cm³/mol. The van der Waals surface area contributed by atoms with Crippen LogP contribution in [0.5, 0.6) is 5.75 Å². The molecule has 0 fully saturated rings. The third kappa shape index (κ3) is 4.44. The van der Waals surface area contributed by atoms with Crippen LogP contribution in [-0.4, -0.2) is 33.6 Å². The van der Waals surface area contributed by atoms with E-state index in [-0.39, 0.29) is 10.7 Å². The molecule has 0 saturated carbocycles. The van der Waals surface area contributed by atoms with E-state index < -0.39 is 10.0 Å². The van der Waals surface area contributed by atoms with E-state index in [9.17, 15) is 8.42 Å². The van der Waals surface area contributed by atoms with Crippen molar-refractivity contribution in [3.63, 3.8) is 0 Å². The quantitative estimate of drug-likeness (QED) is 0.757. The van der Waals surface area contributed by atoms with Gasteiger partial charge in [0.25, 0.3) is 10.0 Å². The molecule has 2 N–H and O–H groups in total. The molecule has 1 aromatic carbocycles. The second kappa shape index (κ2) is 7.05. The molecule has 0 aliphatic carbocycles. The number of ether oxygens (including phenoxy) is 1. The lowest BCUT2D eigenvalue weighted by Crippen LogP contribution is -2.16. The minimum Gasteiger partial charge on any atom is -0.492 e. The molecule has 0 amide bonds. The summed E-state index contributed by atoms with van der Waals surface area (Å²) >= 11 is 0. The van der Waals surface area contributed by atoms with E-state index in [1.165, 1.54) is 18.3 Å². The molecule has 6 nitrogen and oxygen atoms in total. The number of rotatable bonds is 7. The normalized spacial score (nSPS) is 11.1. The summed E-state index contributed by atoms with van der Waals surface area (Å²) in [6, 6.07) is 11.3. The molecule has 0 aliphatic rings. The van der Waals surface area contributed by atoms with E-state index in [0.717, 1.165) is 6.54 Å². The number of sulfonamides is 1. The number of hydrogen-bond acceptors (Lipinski definition) is 5. The van der Waals surface area contributed by atoms with Crippen molar-refractivity contribution in [2.45, 2.75) is 4.90 Å². The third-order valence-corrected chi connectivity index (χ3v) is 4.03. The van der Waals surface area contributed by atoms with Gasteiger partial charge in [0.05, 0.1) is 4.90 Å². The highest BCUT2D eigenvalue weighted by Gasteiger charge is 2.14. The number of pyridine rings is 1. The number of anilines is 1. The fourth-order valence-electron chi connectivity index (χ4n) is 1.61. The molecular formula is C14H17N3O3S. The SMILES string of the molecule is CNCCOc1ccc(S(=O)(=O)Nc2ccccn2)cc1. The van der Waals surface area contributed by atoms with Crippen molar-refractivity contribution in [2.24, 2.45) is 0 Å². The number of benzene rings is 1. The molecule has 0 unspecified atom stereocenters. The van der Waals surface area contributed by atoms with Crippen LogP contribution in [0.3, 0.4) is 0 Å². The maximum absolute atomic E-state index is 12.2. The number of aromatic nitrogens is 1. The van der Waals surface area contributed by atoms with Crippen molar-refractivity contribution >= 4 is 15.8 Å². The average Bonchev–Trinajstić information content (AvgIpc) is 2.49. The smallest absolute Gasteiger partial charge is 0.263 e. The molecule has 7 heteroatoms. The van der Waals surface area contributed by atoms with Crippen LogP contribution in [0.4, 0.5) is 5.82 Å². The van der Waals surface area contributed by atoms with Crippen molar-refractivity contribution in [2.75, 3.05) is 24.9 Å². The molecule has 0 bridgehead atoms. The molecule has 1 aromatic heterocycles. The van der Waals surface area contributed by atoms with Crippen LogP contribution in [0.25, 0.3) is 0 Å². The van der Waals surface area contributed by atoms with Crippen molar-refractivity contribution in [1.29, 1.82) is 0 Å². The molecule has 112 valence electrons. The summed E-state index contributed by atoms with van der Waals surface area (Å²) in [5.41, 5.74) is 0. The Morgan fingerprint density at radius 1 is 1.14 bits per heavy atom. The summed E-state index contributed by atoms with van der Waals surface area (Å²) in [7, 11) is -1.80. The number of hydrogen-bond donors (Lipinski definition) is 2. The first-order valence-corrected chi connectivity index (χ1v) is 7.91. The lowest BCUT2D eigenvalue weighted by atomic mass is 10.3. The van der Waals surface area contributed by atoms with Crippen molar-refractivity contribution < 1.29 is 13.2 Å². The maximum atomic E-state index is 12.2. The van der Waals surface area contributed by atoms with Crippen LogP contribution in [0.15, 0.2) is 53.6 Å². The van der Waals surface area contributed by atoms with Crippen LogP contribution in [-0.2, 0) is 10.0 Å². The molecule has 0 spiro atoms. The van der Waals surface area contributed by atoms with E-state index in [2.05, 4.69) is 15.0 Å². The minimum absolute atomic E-state index is 0.161. The Morgan fingerprint density at radius 3 is 2.52 bits per heavy atom. The molecule has 0 aliphatic heterocycles. The Labute approximate surface area is 124 Å². The van der Waals surface area contributed by atoms with E-state index in [0.29, 0.717) is 12.4 Å². The van der Waals surface area contributed by atoms with Gasteiger partial charge in [0.2, 0.25) is 0 Å². The summed E-state index contributed by atoms with van der Waals surface area (Å²) < 4.78 is 32.2. The van der Waals surface area contributed by atoms with Gasteiger partial charge in [-0.25, -0.2) is 13.4 Å². The van der Waals surface area contributed by atoms with Gasteiger partial charge in [0.1, 0.15) is 18.2 Å². The molecule has 2 rings (SSSR count). The summed E-state index contributed by atoms with van der Waals surface area (Å²) in [5, 5.41) is 2.96. The van der Waals surface area contributed by atoms with Gasteiger partial charge in [-0.1, -0.05) is 6.07 Å². The van der Waals surface area contributed by atoms with E-state index in [1.807, 2.05) is 7.05 Å². The fourth-order valence-corrected chi connectivity index (χ4v) is 2.61. The van der Waals surface area contributed by atoms with Gasteiger partial charge in [-0.05, 0) is 43.4 Å². The van der Waals surface area contributed by atoms with Gasteiger partial charge < -0.3 is 10.1 Å². The molecular weight excluding hydrogens is 290 g/mol. The van der Waals surface area contributed by atoms with Crippen LogP contribution >= 0.6 is 0 Å². The fraction of sp³-hybridized carbons (Fsp3) is 0.214. The minimum atomic E-state index is -3.64. The largest absolute Gasteiger partial charge is 0.492 e. The first kappa shape index (κ1) is 15.3. The Kier molecular flexibility index (Phi) is 5.13. The summed E-state index contributed by atoms with van der Waals surface area (Å²) in [5.74, 6) is 0.911. The zero-order chi connectivity index (χ0) is 15.1. The highest BCUT2D eigenvalue weighted by Crippen LogP contribution is 2.18. The maximum Gasteiger partial charge on any atom is 0.263 e. The van der Waals surface area contributed by atoms with Crippen molar-refractivity contribution in [3.05, 3.63) is 48.7 Å². The molecule has 0 saturated heterocycles. The van der Waals surface area contributed by atoms with Crippen LogP contribution in [0.1, 0.15) is 0 Å². The predicted octanol–water partition coefficient (Wildman–Crippen LogP) is 1.48. The van der Waals surface area contributed by atoms with Gasteiger partial charge in [-0.15, -0.1) is 0 Å².